The molecule has 5 heteroatoms. The molecule has 0 unspecified atom stereocenters. The van der Waals surface area contributed by atoms with Crippen LogP contribution in [0.15, 0.2) is 22.6 Å². The van der Waals surface area contributed by atoms with E-state index < -0.39 is 0 Å². The number of rotatable bonds is 4. The third kappa shape index (κ3) is 2.96. The van der Waals surface area contributed by atoms with Gasteiger partial charge in [-0.15, -0.1) is 0 Å². The lowest BCUT2D eigenvalue weighted by Gasteiger charge is -2.06. The number of nitrogens with one attached hydrogen (secondary N) is 2. The number of furan rings is 1. The second-order valence-electron chi connectivity index (χ2n) is 3.80. The Bertz CT molecular complexity index is 507. The minimum absolute atomic E-state index is 0.618. The highest BCUT2D eigenvalue weighted by atomic mass is 16.3. The first-order chi connectivity index (χ1) is 8.17. The number of aromatic nitrogens is 2. The monoisotopic (exact) mass is 232 g/mol. The van der Waals surface area contributed by atoms with Crippen LogP contribution in [0.2, 0.25) is 0 Å². The number of aryl methyl sites for hydroxylation is 2. The van der Waals surface area contributed by atoms with Crippen LogP contribution in [0.1, 0.15) is 17.3 Å². The van der Waals surface area contributed by atoms with Crippen molar-refractivity contribution in [2.24, 2.45) is 0 Å². The third-order valence-corrected chi connectivity index (χ3v) is 2.33. The summed E-state index contributed by atoms with van der Waals surface area (Å²) in [4.78, 5) is 8.53. The van der Waals surface area contributed by atoms with Gasteiger partial charge in [-0.3, -0.25) is 0 Å². The fourth-order valence-electron chi connectivity index (χ4n) is 1.54. The number of hydrogen-bond donors (Lipinski definition) is 2. The van der Waals surface area contributed by atoms with E-state index in [-0.39, 0.29) is 0 Å². The maximum atomic E-state index is 5.47. The molecule has 0 aliphatic rings. The van der Waals surface area contributed by atoms with Gasteiger partial charge in [0.1, 0.15) is 29.0 Å². The summed E-state index contributed by atoms with van der Waals surface area (Å²) in [5.41, 5.74) is 0. The summed E-state index contributed by atoms with van der Waals surface area (Å²) in [6.07, 6.45) is 0. The van der Waals surface area contributed by atoms with E-state index in [0.717, 1.165) is 29.0 Å². The molecular weight excluding hydrogens is 216 g/mol. The maximum Gasteiger partial charge on any atom is 0.132 e. The Morgan fingerprint density at radius 3 is 2.59 bits per heavy atom. The van der Waals surface area contributed by atoms with Crippen LogP contribution in [0, 0.1) is 13.8 Å². The van der Waals surface area contributed by atoms with Crippen molar-refractivity contribution in [3.63, 3.8) is 0 Å². The van der Waals surface area contributed by atoms with Crippen molar-refractivity contribution in [3.05, 3.63) is 35.5 Å². The highest BCUT2D eigenvalue weighted by molar-refractivity contribution is 5.47. The summed E-state index contributed by atoms with van der Waals surface area (Å²) >= 11 is 0. The van der Waals surface area contributed by atoms with Crippen molar-refractivity contribution in [1.82, 2.24) is 9.97 Å². The third-order valence-electron chi connectivity index (χ3n) is 2.33. The van der Waals surface area contributed by atoms with Gasteiger partial charge in [-0.2, -0.15) is 0 Å². The Labute approximate surface area is 100 Å². The highest BCUT2D eigenvalue weighted by Crippen LogP contribution is 2.13. The first-order valence-electron chi connectivity index (χ1n) is 5.50. The molecule has 0 aromatic carbocycles. The van der Waals surface area contributed by atoms with Gasteiger partial charge in [0.2, 0.25) is 0 Å². The fourth-order valence-corrected chi connectivity index (χ4v) is 1.54. The molecule has 0 aliphatic carbocycles. The summed E-state index contributed by atoms with van der Waals surface area (Å²) in [5, 5.41) is 6.20. The minimum Gasteiger partial charge on any atom is -0.465 e. The van der Waals surface area contributed by atoms with Gasteiger partial charge in [0, 0.05) is 13.1 Å². The Morgan fingerprint density at radius 2 is 1.94 bits per heavy atom. The fraction of sp³-hybridized carbons (Fsp3) is 0.333. The molecule has 0 fully saturated rings. The lowest BCUT2D eigenvalue weighted by Crippen LogP contribution is -2.04. The van der Waals surface area contributed by atoms with E-state index in [9.17, 15) is 0 Å². The SMILES string of the molecule is CNc1cc(NCc2ccc(C)o2)nc(C)n1. The van der Waals surface area contributed by atoms with Crippen LogP contribution in [0.3, 0.4) is 0 Å². The van der Waals surface area contributed by atoms with Crippen LogP contribution >= 0.6 is 0 Å². The summed E-state index contributed by atoms with van der Waals surface area (Å²) in [7, 11) is 1.83. The lowest BCUT2D eigenvalue weighted by atomic mass is 10.4. The summed E-state index contributed by atoms with van der Waals surface area (Å²) < 4.78 is 5.47. The van der Waals surface area contributed by atoms with E-state index in [0.29, 0.717) is 6.54 Å². The Hall–Kier alpha value is -2.04. The quantitative estimate of drug-likeness (QED) is 0.847. The topological polar surface area (TPSA) is 63.0 Å². The van der Waals surface area contributed by atoms with E-state index in [1.807, 2.05) is 39.1 Å². The second kappa shape index (κ2) is 4.86. The Balaban J connectivity index is 2.05. The van der Waals surface area contributed by atoms with Crippen molar-refractivity contribution in [1.29, 1.82) is 0 Å². The van der Waals surface area contributed by atoms with E-state index >= 15 is 0 Å². The van der Waals surface area contributed by atoms with Crippen LogP contribution < -0.4 is 10.6 Å². The molecule has 0 saturated heterocycles. The van der Waals surface area contributed by atoms with Gasteiger partial charge in [-0.1, -0.05) is 0 Å². The molecule has 0 radical (unpaired) electrons. The number of anilines is 2. The van der Waals surface area contributed by atoms with Crippen molar-refractivity contribution in [2.45, 2.75) is 20.4 Å². The first kappa shape index (κ1) is 11.4. The van der Waals surface area contributed by atoms with Crippen LogP contribution in [-0.4, -0.2) is 17.0 Å². The molecule has 90 valence electrons. The highest BCUT2D eigenvalue weighted by Gasteiger charge is 2.02. The van der Waals surface area contributed by atoms with E-state index in [1.165, 1.54) is 0 Å². The Kier molecular flexibility index (Phi) is 3.27. The zero-order valence-corrected chi connectivity index (χ0v) is 10.2. The average molecular weight is 232 g/mol. The van der Waals surface area contributed by atoms with Gasteiger partial charge < -0.3 is 15.1 Å². The van der Waals surface area contributed by atoms with Crippen molar-refractivity contribution < 1.29 is 4.42 Å². The molecule has 0 atom stereocenters. The van der Waals surface area contributed by atoms with Gasteiger partial charge in [-0.05, 0) is 26.0 Å². The molecule has 17 heavy (non-hydrogen) atoms. The summed E-state index contributed by atoms with van der Waals surface area (Å²) in [6, 6.07) is 5.76. The van der Waals surface area contributed by atoms with Crippen molar-refractivity contribution in [3.8, 4) is 0 Å². The molecule has 0 aliphatic heterocycles. The van der Waals surface area contributed by atoms with Crippen molar-refractivity contribution in [2.75, 3.05) is 17.7 Å². The predicted octanol–water partition coefficient (Wildman–Crippen LogP) is 2.34. The molecule has 0 amide bonds. The maximum absolute atomic E-state index is 5.47. The van der Waals surface area contributed by atoms with Crippen LogP contribution in [0.4, 0.5) is 11.6 Å². The predicted molar refractivity (Wildman–Crippen MR) is 67.1 cm³/mol. The van der Waals surface area contributed by atoms with Crippen molar-refractivity contribution >= 4 is 11.6 Å². The van der Waals surface area contributed by atoms with Gasteiger partial charge in [-0.25, -0.2) is 9.97 Å². The molecule has 2 aromatic heterocycles. The smallest absolute Gasteiger partial charge is 0.132 e. The molecule has 5 nitrogen and oxygen atoms in total. The molecule has 2 aromatic rings. The molecule has 2 rings (SSSR count). The lowest BCUT2D eigenvalue weighted by molar-refractivity contribution is 0.490. The van der Waals surface area contributed by atoms with Gasteiger partial charge in [0.05, 0.1) is 6.54 Å². The van der Waals surface area contributed by atoms with Gasteiger partial charge in [0.15, 0.2) is 0 Å². The van der Waals surface area contributed by atoms with Gasteiger partial charge >= 0.3 is 0 Å². The molecular formula is C12H16N4O. The molecule has 0 spiro atoms. The molecule has 0 bridgehead atoms. The molecule has 2 N–H and O–H groups in total. The largest absolute Gasteiger partial charge is 0.465 e. The zero-order chi connectivity index (χ0) is 12.3. The van der Waals surface area contributed by atoms with Crippen LogP contribution in [-0.2, 0) is 6.54 Å². The average Bonchev–Trinajstić information content (AvgIpc) is 2.72. The van der Waals surface area contributed by atoms with Crippen LogP contribution in [0.25, 0.3) is 0 Å². The van der Waals surface area contributed by atoms with Crippen LogP contribution in [0.5, 0.6) is 0 Å². The van der Waals surface area contributed by atoms with E-state index in [4.69, 9.17) is 4.42 Å². The number of nitrogens with zero attached hydrogens (tertiary/aromatic N) is 2. The summed E-state index contributed by atoms with van der Waals surface area (Å²) in [5.74, 6) is 4.13. The molecule has 2 heterocycles. The zero-order valence-electron chi connectivity index (χ0n) is 10.2. The minimum atomic E-state index is 0.618. The van der Waals surface area contributed by atoms with E-state index in [1.54, 1.807) is 0 Å². The molecule has 0 saturated carbocycles. The summed E-state index contributed by atoms with van der Waals surface area (Å²) in [6.45, 7) is 4.41. The Morgan fingerprint density at radius 1 is 1.18 bits per heavy atom. The van der Waals surface area contributed by atoms with E-state index in [2.05, 4.69) is 20.6 Å². The standard InChI is InChI=1S/C12H16N4O/c1-8-4-5-10(17-8)7-14-12-6-11(13-3)15-9(2)16-12/h4-6H,7H2,1-3H3,(H2,13,14,15,16). The number of hydrogen-bond acceptors (Lipinski definition) is 5. The first-order valence-corrected chi connectivity index (χ1v) is 5.50. The normalized spacial score (nSPS) is 10.3. The van der Waals surface area contributed by atoms with Gasteiger partial charge in [0.25, 0.3) is 0 Å². The second-order valence-corrected chi connectivity index (χ2v) is 3.80.